The number of nitrogens with zero attached hydrogens (tertiary/aromatic N) is 2. The highest BCUT2D eigenvalue weighted by Crippen LogP contribution is 2.23. The number of aliphatic imine (C=N–C) groups is 1. The molecule has 0 unspecified atom stereocenters. The third kappa shape index (κ3) is 5.95. The van der Waals surface area contributed by atoms with Crippen LogP contribution in [-0.2, 0) is 23.0 Å². The molecule has 1 aromatic heterocycles. The molecule has 9 heteroatoms. The molecule has 0 fully saturated rings. The molecule has 0 aliphatic carbocycles. The van der Waals surface area contributed by atoms with Crippen molar-refractivity contribution in [2.24, 2.45) is 4.99 Å². The summed E-state index contributed by atoms with van der Waals surface area (Å²) in [4.78, 5) is 5.12. The van der Waals surface area contributed by atoms with Gasteiger partial charge < -0.3 is 15.4 Å². The number of ether oxygens (including phenoxy) is 1. The molecule has 0 atom stereocenters. The van der Waals surface area contributed by atoms with Crippen molar-refractivity contribution in [3.8, 4) is 5.75 Å². The quantitative estimate of drug-likeness (QED) is 0.513. The molecule has 7 nitrogen and oxygen atoms in total. The Bertz CT molecular complexity index is 859. The van der Waals surface area contributed by atoms with E-state index in [0.29, 0.717) is 16.7 Å². The number of sulfonamides is 1. The molecule has 0 aliphatic heterocycles. The summed E-state index contributed by atoms with van der Waals surface area (Å²) in [5.41, 5.74) is 1.20. The van der Waals surface area contributed by atoms with Gasteiger partial charge in [0.05, 0.1) is 13.7 Å². The van der Waals surface area contributed by atoms with Crippen LogP contribution in [0.3, 0.4) is 0 Å². The van der Waals surface area contributed by atoms with E-state index in [1.54, 1.807) is 20.2 Å². The SMILES string of the molecule is CN=C(NCCc1ccc(OC)cc1)NCc1ccc(S(=O)(=O)N(C)C)s1. The Balaban J connectivity index is 1.82. The van der Waals surface area contributed by atoms with E-state index in [0.717, 1.165) is 23.6 Å². The summed E-state index contributed by atoms with van der Waals surface area (Å²) in [6.07, 6.45) is 0.856. The van der Waals surface area contributed by atoms with Crippen molar-refractivity contribution in [1.29, 1.82) is 0 Å². The lowest BCUT2D eigenvalue weighted by Gasteiger charge is -2.11. The van der Waals surface area contributed by atoms with Crippen LogP contribution in [0.2, 0.25) is 0 Å². The van der Waals surface area contributed by atoms with Gasteiger partial charge in [0.15, 0.2) is 5.96 Å². The number of nitrogens with one attached hydrogen (secondary N) is 2. The number of guanidine groups is 1. The average molecular weight is 411 g/mol. The minimum atomic E-state index is -3.38. The Labute approximate surface area is 165 Å². The van der Waals surface area contributed by atoms with Gasteiger partial charge in [-0.2, -0.15) is 0 Å². The maximum absolute atomic E-state index is 12.1. The van der Waals surface area contributed by atoms with Crippen LogP contribution in [0.4, 0.5) is 0 Å². The Hall–Kier alpha value is -2.10. The molecule has 2 N–H and O–H groups in total. The summed E-state index contributed by atoms with van der Waals surface area (Å²) in [6.45, 7) is 1.24. The first-order valence-corrected chi connectivity index (χ1v) is 10.7. The van der Waals surface area contributed by atoms with Gasteiger partial charge in [0.1, 0.15) is 9.96 Å². The van der Waals surface area contributed by atoms with Crippen LogP contribution in [0.25, 0.3) is 0 Å². The van der Waals surface area contributed by atoms with Crippen molar-refractivity contribution in [3.63, 3.8) is 0 Å². The third-order valence-electron chi connectivity index (χ3n) is 3.89. The molecule has 0 saturated heterocycles. The second-order valence-corrected chi connectivity index (χ2v) is 9.51. The Morgan fingerprint density at radius 2 is 1.85 bits per heavy atom. The third-order valence-corrected chi connectivity index (χ3v) is 7.26. The molecule has 1 aromatic carbocycles. The number of methoxy groups -OCH3 is 1. The molecule has 1 heterocycles. The van der Waals surface area contributed by atoms with Gasteiger partial charge in [-0.1, -0.05) is 12.1 Å². The van der Waals surface area contributed by atoms with Gasteiger partial charge in [-0.25, -0.2) is 12.7 Å². The molecule has 0 bridgehead atoms. The van der Waals surface area contributed by atoms with Gasteiger partial charge >= 0.3 is 0 Å². The van der Waals surface area contributed by atoms with Crippen LogP contribution in [0.5, 0.6) is 5.75 Å². The number of rotatable bonds is 8. The van der Waals surface area contributed by atoms with Crippen LogP contribution >= 0.6 is 11.3 Å². The fourth-order valence-corrected chi connectivity index (χ4v) is 4.75. The zero-order valence-electron chi connectivity index (χ0n) is 16.0. The van der Waals surface area contributed by atoms with Crippen LogP contribution in [0.1, 0.15) is 10.4 Å². The maximum Gasteiger partial charge on any atom is 0.252 e. The summed E-state index contributed by atoms with van der Waals surface area (Å²) in [6, 6.07) is 11.4. The van der Waals surface area contributed by atoms with E-state index >= 15 is 0 Å². The van der Waals surface area contributed by atoms with Crippen LogP contribution in [-0.4, -0.2) is 53.5 Å². The smallest absolute Gasteiger partial charge is 0.252 e. The minimum absolute atomic E-state index is 0.340. The molecule has 0 aliphatic rings. The molecule has 0 amide bonds. The van der Waals surface area contributed by atoms with E-state index in [9.17, 15) is 8.42 Å². The molecule has 148 valence electrons. The molecular weight excluding hydrogens is 384 g/mol. The van der Waals surface area contributed by atoms with Crippen LogP contribution in [0, 0.1) is 0 Å². The summed E-state index contributed by atoms with van der Waals surface area (Å²) >= 11 is 1.26. The average Bonchev–Trinajstić information content (AvgIpc) is 3.14. The lowest BCUT2D eigenvalue weighted by atomic mass is 10.1. The van der Waals surface area contributed by atoms with E-state index in [1.165, 1.54) is 35.3 Å². The van der Waals surface area contributed by atoms with Gasteiger partial charge in [-0.05, 0) is 36.2 Å². The maximum atomic E-state index is 12.1. The first-order valence-electron chi connectivity index (χ1n) is 8.45. The summed E-state index contributed by atoms with van der Waals surface area (Å²) in [5.74, 6) is 1.52. The first-order chi connectivity index (χ1) is 12.9. The molecule has 0 saturated carbocycles. The second kappa shape index (κ2) is 9.72. The van der Waals surface area contributed by atoms with Crippen molar-refractivity contribution in [2.75, 3.05) is 34.8 Å². The van der Waals surface area contributed by atoms with Gasteiger partial charge in [0, 0.05) is 32.6 Å². The zero-order chi connectivity index (χ0) is 19.9. The fraction of sp³-hybridized carbons (Fsp3) is 0.389. The zero-order valence-corrected chi connectivity index (χ0v) is 17.7. The van der Waals surface area contributed by atoms with Crippen molar-refractivity contribution < 1.29 is 13.2 Å². The normalized spacial score (nSPS) is 12.3. The highest BCUT2D eigenvalue weighted by Gasteiger charge is 2.19. The summed E-state index contributed by atoms with van der Waals surface area (Å²) < 4.78 is 31.0. The predicted octanol–water partition coefficient (Wildman–Crippen LogP) is 1.91. The van der Waals surface area contributed by atoms with E-state index in [4.69, 9.17) is 4.74 Å². The molecule has 2 rings (SSSR count). The topological polar surface area (TPSA) is 83.0 Å². The fourth-order valence-electron chi connectivity index (χ4n) is 2.28. The van der Waals surface area contributed by atoms with Crippen molar-refractivity contribution in [2.45, 2.75) is 17.2 Å². The molecule has 0 spiro atoms. The first kappa shape index (κ1) is 21.2. The largest absolute Gasteiger partial charge is 0.497 e. The summed E-state index contributed by atoms with van der Waals surface area (Å²) in [7, 11) is 3.04. The van der Waals surface area contributed by atoms with Gasteiger partial charge in [-0.3, -0.25) is 4.99 Å². The lowest BCUT2D eigenvalue weighted by molar-refractivity contribution is 0.414. The number of hydrogen-bond donors (Lipinski definition) is 2. The van der Waals surface area contributed by atoms with Crippen molar-refractivity contribution in [3.05, 3.63) is 46.8 Å². The molecule has 0 radical (unpaired) electrons. The van der Waals surface area contributed by atoms with Crippen molar-refractivity contribution in [1.82, 2.24) is 14.9 Å². The lowest BCUT2D eigenvalue weighted by Crippen LogP contribution is -2.37. The summed E-state index contributed by atoms with van der Waals surface area (Å²) in [5, 5.41) is 6.46. The van der Waals surface area contributed by atoms with E-state index in [-0.39, 0.29) is 0 Å². The number of hydrogen-bond acceptors (Lipinski definition) is 5. The molecular formula is C18H26N4O3S2. The van der Waals surface area contributed by atoms with Crippen LogP contribution < -0.4 is 15.4 Å². The highest BCUT2D eigenvalue weighted by atomic mass is 32.2. The molecule has 27 heavy (non-hydrogen) atoms. The van der Waals surface area contributed by atoms with Crippen LogP contribution in [0.15, 0.2) is 45.6 Å². The Morgan fingerprint density at radius 3 is 2.44 bits per heavy atom. The van der Waals surface area contributed by atoms with Crippen molar-refractivity contribution >= 4 is 27.3 Å². The standard InChI is InChI=1S/C18H26N4O3S2/c1-19-18(20-12-11-14-5-7-15(25-4)8-6-14)21-13-16-9-10-17(26-16)27(23,24)22(2)3/h5-10H,11-13H2,1-4H3,(H2,19,20,21). The second-order valence-electron chi connectivity index (χ2n) is 5.96. The van der Waals surface area contributed by atoms with Gasteiger partial charge in [0.25, 0.3) is 10.0 Å². The Kier molecular flexibility index (Phi) is 7.64. The molecule has 2 aromatic rings. The van der Waals surface area contributed by atoms with Gasteiger partial charge in [-0.15, -0.1) is 11.3 Å². The van der Waals surface area contributed by atoms with E-state index in [1.807, 2.05) is 30.3 Å². The minimum Gasteiger partial charge on any atom is -0.497 e. The highest BCUT2D eigenvalue weighted by molar-refractivity contribution is 7.91. The van der Waals surface area contributed by atoms with E-state index < -0.39 is 10.0 Å². The van der Waals surface area contributed by atoms with E-state index in [2.05, 4.69) is 15.6 Å². The Morgan fingerprint density at radius 1 is 1.15 bits per heavy atom. The predicted molar refractivity (Wildman–Crippen MR) is 110 cm³/mol. The number of thiophene rings is 1. The number of benzene rings is 1. The van der Waals surface area contributed by atoms with Gasteiger partial charge in [0.2, 0.25) is 0 Å². The monoisotopic (exact) mass is 410 g/mol.